The summed E-state index contributed by atoms with van der Waals surface area (Å²) < 4.78 is 18.3. The largest absolute Gasteiger partial charge is 0.469 e. The molecule has 34 heavy (non-hydrogen) atoms. The van der Waals surface area contributed by atoms with Crippen molar-refractivity contribution in [3.05, 3.63) is 60.1 Å². The summed E-state index contributed by atoms with van der Waals surface area (Å²) in [7, 11) is 0. The molecule has 6 rings (SSSR count). The molecule has 5 nitrogen and oxygen atoms in total. The van der Waals surface area contributed by atoms with Crippen LogP contribution in [-0.2, 0) is 20.7 Å². The van der Waals surface area contributed by atoms with Crippen molar-refractivity contribution in [2.75, 3.05) is 13.1 Å². The zero-order chi connectivity index (χ0) is 23.3. The third kappa shape index (κ3) is 3.54. The smallest absolute Gasteiger partial charge is 0.311 e. The standard InChI is InChI=1S/C29H37NO4/c1-19-8-6-13-28(2)17-24-25(26-29(19,28)34-26)22(27(31)33-24)18-30-14-12-21(23-11-7-15-32-23)16-20-9-4-3-5-10-20/h3-5,7,9-11,15,19,21-22,24-26,30H,6,8,12-14,16-18H2,1-2H3/t19-,21+,22-,24-,25+,26-,28+,29+/m1/s1. The summed E-state index contributed by atoms with van der Waals surface area (Å²) in [5.41, 5.74) is 1.43. The van der Waals surface area contributed by atoms with E-state index >= 15 is 0 Å². The molecule has 2 saturated heterocycles. The molecule has 2 aromatic rings. The number of hydrogen-bond acceptors (Lipinski definition) is 5. The Balaban J connectivity index is 1.09. The molecule has 182 valence electrons. The highest BCUT2D eigenvalue weighted by atomic mass is 16.6. The van der Waals surface area contributed by atoms with Gasteiger partial charge in [0.1, 0.15) is 17.5 Å². The number of hydrogen-bond donors (Lipinski definition) is 1. The average molecular weight is 464 g/mol. The van der Waals surface area contributed by atoms with Crippen molar-refractivity contribution in [1.29, 1.82) is 0 Å². The lowest BCUT2D eigenvalue weighted by Crippen LogP contribution is -2.54. The van der Waals surface area contributed by atoms with E-state index in [1.165, 1.54) is 24.8 Å². The van der Waals surface area contributed by atoms with E-state index in [0.29, 0.717) is 18.4 Å². The molecule has 1 aromatic carbocycles. The van der Waals surface area contributed by atoms with Crippen molar-refractivity contribution in [1.82, 2.24) is 5.32 Å². The van der Waals surface area contributed by atoms with E-state index in [9.17, 15) is 4.79 Å². The van der Waals surface area contributed by atoms with Gasteiger partial charge in [0, 0.05) is 23.8 Å². The lowest BCUT2D eigenvalue weighted by atomic mass is 9.53. The minimum Gasteiger partial charge on any atom is -0.469 e. The van der Waals surface area contributed by atoms with Crippen molar-refractivity contribution in [3.8, 4) is 0 Å². The molecule has 2 aliphatic carbocycles. The third-order valence-electron chi connectivity index (χ3n) is 9.50. The predicted molar refractivity (Wildman–Crippen MR) is 129 cm³/mol. The van der Waals surface area contributed by atoms with Gasteiger partial charge in [-0.15, -0.1) is 0 Å². The summed E-state index contributed by atoms with van der Waals surface area (Å²) >= 11 is 0. The number of carbonyl (C=O) groups is 1. The first-order valence-electron chi connectivity index (χ1n) is 13.2. The van der Waals surface area contributed by atoms with E-state index in [1.54, 1.807) is 6.26 Å². The van der Waals surface area contributed by atoms with E-state index in [-0.39, 0.29) is 41.0 Å². The van der Waals surface area contributed by atoms with Crippen LogP contribution in [0, 0.1) is 23.2 Å². The average Bonchev–Trinajstić information content (AvgIpc) is 3.20. The van der Waals surface area contributed by atoms with E-state index in [1.807, 2.05) is 6.07 Å². The lowest BCUT2D eigenvalue weighted by Gasteiger charge is -2.48. The Bertz CT molecular complexity index is 1010. The summed E-state index contributed by atoms with van der Waals surface area (Å²) in [5.74, 6) is 1.95. The number of fused-ring (bicyclic) bond motifs is 2. The van der Waals surface area contributed by atoms with Gasteiger partial charge in [-0.3, -0.25) is 4.79 Å². The first-order valence-corrected chi connectivity index (χ1v) is 13.2. The Hall–Kier alpha value is -2.11. The Morgan fingerprint density at radius 2 is 2.03 bits per heavy atom. The molecule has 1 aromatic heterocycles. The second-order valence-corrected chi connectivity index (χ2v) is 11.4. The molecule has 5 heteroatoms. The van der Waals surface area contributed by atoms with Crippen LogP contribution in [0.25, 0.3) is 0 Å². The first-order chi connectivity index (χ1) is 16.5. The monoisotopic (exact) mass is 463 g/mol. The Morgan fingerprint density at radius 3 is 2.82 bits per heavy atom. The van der Waals surface area contributed by atoms with Crippen LogP contribution in [0.4, 0.5) is 0 Å². The maximum absolute atomic E-state index is 12.9. The van der Waals surface area contributed by atoms with E-state index in [2.05, 4.69) is 55.6 Å². The molecule has 8 atom stereocenters. The maximum Gasteiger partial charge on any atom is 0.311 e. The van der Waals surface area contributed by atoms with E-state index in [4.69, 9.17) is 13.9 Å². The van der Waals surface area contributed by atoms with Gasteiger partial charge in [-0.05, 0) is 62.3 Å². The van der Waals surface area contributed by atoms with Crippen molar-refractivity contribution in [2.45, 2.75) is 76.1 Å². The molecular weight excluding hydrogens is 426 g/mol. The molecule has 0 amide bonds. The predicted octanol–water partition coefficient (Wildman–Crippen LogP) is 5.11. The molecular formula is C29H37NO4. The number of furan rings is 1. The van der Waals surface area contributed by atoms with Crippen LogP contribution in [0.3, 0.4) is 0 Å². The fourth-order valence-corrected chi connectivity index (χ4v) is 7.77. The van der Waals surface area contributed by atoms with Crippen molar-refractivity contribution < 1.29 is 18.7 Å². The van der Waals surface area contributed by atoms with Crippen LogP contribution in [0.15, 0.2) is 53.1 Å². The van der Waals surface area contributed by atoms with Crippen LogP contribution >= 0.6 is 0 Å². The van der Waals surface area contributed by atoms with Crippen LogP contribution in [0.2, 0.25) is 0 Å². The highest BCUT2D eigenvalue weighted by molar-refractivity contribution is 5.76. The molecule has 3 heterocycles. The zero-order valence-corrected chi connectivity index (χ0v) is 20.4. The number of epoxide rings is 1. The van der Waals surface area contributed by atoms with Crippen LogP contribution in [0.5, 0.6) is 0 Å². The molecule has 2 aliphatic heterocycles. The van der Waals surface area contributed by atoms with Gasteiger partial charge in [0.15, 0.2) is 0 Å². The molecule has 1 N–H and O–H groups in total. The Kier molecular flexibility index (Phi) is 5.61. The second kappa shape index (κ2) is 8.53. The molecule has 1 spiro atoms. The summed E-state index contributed by atoms with van der Waals surface area (Å²) in [6.07, 6.45) is 8.49. The summed E-state index contributed by atoms with van der Waals surface area (Å²) in [5, 5.41) is 3.60. The number of benzene rings is 1. The second-order valence-electron chi connectivity index (χ2n) is 11.4. The molecule has 2 saturated carbocycles. The lowest BCUT2D eigenvalue weighted by molar-refractivity contribution is -0.146. The highest BCUT2D eigenvalue weighted by Gasteiger charge is 2.78. The topological polar surface area (TPSA) is 64.0 Å². The number of ether oxygens (including phenoxy) is 2. The van der Waals surface area contributed by atoms with Crippen molar-refractivity contribution in [2.24, 2.45) is 23.2 Å². The number of esters is 1. The zero-order valence-electron chi connectivity index (χ0n) is 20.4. The highest BCUT2D eigenvalue weighted by Crippen LogP contribution is 2.70. The van der Waals surface area contributed by atoms with E-state index in [0.717, 1.165) is 31.6 Å². The van der Waals surface area contributed by atoms with Gasteiger partial charge in [0.2, 0.25) is 0 Å². The number of nitrogens with one attached hydrogen (secondary N) is 1. The number of rotatable bonds is 8. The fourth-order valence-electron chi connectivity index (χ4n) is 7.77. The Morgan fingerprint density at radius 1 is 1.18 bits per heavy atom. The van der Waals surface area contributed by atoms with Crippen molar-refractivity contribution >= 4 is 5.97 Å². The molecule has 0 unspecified atom stereocenters. The van der Waals surface area contributed by atoms with Gasteiger partial charge in [-0.25, -0.2) is 0 Å². The SMILES string of the molecule is C[C@@H]1CCC[C@@]2(C)C[C@H]3OC(=O)[C@H](CNCC[C@@H](Cc4ccccc4)c4ccco4)[C@@H]3[C@H]3O[C@@]132. The third-order valence-corrected chi connectivity index (χ3v) is 9.50. The van der Waals surface area contributed by atoms with Crippen LogP contribution < -0.4 is 5.32 Å². The Labute approximate surface area is 202 Å². The van der Waals surface area contributed by atoms with Crippen LogP contribution in [-0.4, -0.2) is 36.9 Å². The van der Waals surface area contributed by atoms with Gasteiger partial charge < -0.3 is 19.2 Å². The summed E-state index contributed by atoms with van der Waals surface area (Å²) in [6.45, 7) is 6.23. The quantitative estimate of drug-likeness (QED) is 0.335. The van der Waals surface area contributed by atoms with Gasteiger partial charge in [0.05, 0.1) is 18.3 Å². The molecule has 0 bridgehead atoms. The minimum absolute atomic E-state index is 0.0178. The van der Waals surface area contributed by atoms with E-state index < -0.39 is 0 Å². The number of carbonyl (C=O) groups excluding carboxylic acids is 1. The van der Waals surface area contributed by atoms with Crippen LogP contribution in [0.1, 0.15) is 63.2 Å². The fraction of sp³-hybridized carbons (Fsp3) is 0.621. The maximum atomic E-state index is 12.9. The normalized spacial score (nSPS) is 39.0. The van der Waals surface area contributed by atoms with Crippen molar-refractivity contribution in [3.63, 3.8) is 0 Å². The molecule has 4 aliphatic rings. The minimum atomic E-state index is -0.107. The van der Waals surface area contributed by atoms with Gasteiger partial charge in [0.25, 0.3) is 0 Å². The molecule has 0 radical (unpaired) electrons. The molecule has 4 fully saturated rings. The van der Waals surface area contributed by atoms with Gasteiger partial charge >= 0.3 is 5.97 Å². The summed E-state index contributed by atoms with van der Waals surface area (Å²) in [4.78, 5) is 12.9. The first kappa shape index (κ1) is 22.4. The summed E-state index contributed by atoms with van der Waals surface area (Å²) in [6, 6.07) is 14.6. The van der Waals surface area contributed by atoms with Gasteiger partial charge in [-0.1, -0.05) is 50.6 Å². The van der Waals surface area contributed by atoms with Gasteiger partial charge in [-0.2, -0.15) is 0 Å².